The molecule has 1 aliphatic carbocycles. The molecule has 2 amide bonds. The van der Waals surface area contributed by atoms with Gasteiger partial charge in [-0.15, -0.1) is 11.8 Å². The number of thioether (sulfide) groups is 1. The molecule has 0 saturated heterocycles. The SMILES string of the molecule is COC(=O)NCCCCSC1=CC(=O)c2onc(C(=O)Nc3ccccc3)c2C1=O. The van der Waals surface area contributed by atoms with Gasteiger partial charge in [-0.3, -0.25) is 14.4 Å². The number of nitrogens with one attached hydrogen (secondary N) is 2. The number of benzene rings is 1. The van der Waals surface area contributed by atoms with E-state index in [1.54, 1.807) is 30.3 Å². The zero-order valence-electron chi connectivity index (χ0n) is 16.1. The van der Waals surface area contributed by atoms with Gasteiger partial charge in [0.2, 0.25) is 17.3 Å². The molecule has 0 unspecified atom stereocenters. The van der Waals surface area contributed by atoms with E-state index in [1.165, 1.54) is 24.9 Å². The minimum atomic E-state index is -0.632. The largest absolute Gasteiger partial charge is 0.453 e. The summed E-state index contributed by atoms with van der Waals surface area (Å²) in [5.41, 5.74) is 0.186. The van der Waals surface area contributed by atoms with E-state index < -0.39 is 23.6 Å². The molecule has 2 N–H and O–H groups in total. The van der Waals surface area contributed by atoms with Crippen molar-refractivity contribution in [2.24, 2.45) is 0 Å². The molecule has 0 spiro atoms. The number of Topliss-reactive ketones (excluding diaryl/α,β-unsaturated/α-hetero) is 1. The molecule has 2 aromatic rings. The van der Waals surface area contributed by atoms with Crippen molar-refractivity contribution in [3.63, 3.8) is 0 Å². The van der Waals surface area contributed by atoms with Crippen LogP contribution in [0.3, 0.4) is 0 Å². The molecule has 0 aliphatic heterocycles. The molecule has 1 heterocycles. The van der Waals surface area contributed by atoms with Crippen LogP contribution in [-0.2, 0) is 4.74 Å². The normalized spacial score (nSPS) is 12.8. The number of para-hydroxylation sites is 1. The molecular weight excluding hydrogens is 410 g/mol. The average Bonchev–Trinajstić information content (AvgIpc) is 3.20. The first-order valence-corrected chi connectivity index (χ1v) is 10.1. The van der Waals surface area contributed by atoms with Gasteiger partial charge in [0.15, 0.2) is 5.69 Å². The highest BCUT2D eigenvalue weighted by Crippen LogP contribution is 2.31. The zero-order chi connectivity index (χ0) is 21.5. The van der Waals surface area contributed by atoms with Crippen molar-refractivity contribution in [1.82, 2.24) is 10.5 Å². The fourth-order valence-corrected chi connectivity index (χ4v) is 3.68. The molecule has 0 saturated carbocycles. The lowest BCUT2D eigenvalue weighted by molar-refractivity contribution is 0.0967. The lowest BCUT2D eigenvalue weighted by Crippen LogP contribution is -2.24. The first-order chi connectivity index (χ1) is 14.5. The van der Waals surface area contributed by atoms with Crippen molar-refractivity contribution in [1.29, 1.82) is 0 Å². The monoisotopic (exact) mass is 429 g/mol. The molecular formula is C20H19N3O6S. The number of alkyl carbamates (subject to hydrolysis) is 1. The number of methoxy groups -OCH3 is 1. The second-order valence-electron chi connectivity index (χ2n) is 6.23. The van der Waals surface area contributed by atoms with Crippen LogP contribution in [0, 0.1) is 0 Å². The Morgan fingerprint density at radius 2 is 1.93 bits per heavy atom. The van der Waals surface area contributed by atoms with Crippen molar-refractivity contribution in [3.8, 4) is 0 Å². The fourth-order valence-electron chi connectivity index (χ4n) is 2.69. The molecule has 0 radical (unpaired) electrons. The molecule has 9 nitrogen and oxygen atoms in total. The summed E-state index contributed by atoms with van der Waals surface area (Å²) < 4.78 is 9.46. The number of carbonyl (C=O) groups is 4. The summed E-state index contributed by atoms with van der Waals surface area (Å²) in [7, 11) is 1.29. The van der Waals surface area contributed by atoms with E-state index in [-0.39, 0.29) is 21.9 Å². The Morgan fingerprint density at radius 1 is 1.17 bits per heavy atom. The molecule has 30 heavy (non-hydrogen) atoms. The lowest BCUT2D eigenvalue weighted by atomic mass is 9.99. The predicted molar refractivity (Wildman–Crippen MR) is 110 cm³/mol. The van der Waals surface area contributed by atoms with Crippen LogP contribution in [0.4, 0.5) is 10.5 Å². The minimum absolute atomic E-state index is 0.120. The molecule has 1 aromatic heterocycles. The van der Waals surface area contributed by atoms with Crippen LogP contribution in [0.5, 0.6) is 0 Å². The molecule has 1 aliphatic rings. The van der Waals surface area contributed by atoms with Gasteiger partial charge in [0.25, 0.3) is 5.91 Å². The summed E-state index contributed by atoms with van der Waals surface area (Å²) in [5.74, 6) is -1.29. The maximum absolute atomic E-state index is 12.9. The van der Waals surface area contributed by atoms with Crippen LogP contribution < -0.4 is 10.6 Å². The highest BCUT2D eigenvalue weighted by Gasteiger charge is 2.36. The smallest absolute Gasteiger partial charge is 0.406 e. The maximum Gasteiger partial charge on any atom is 0.406 e. The first-order valence-electron chi connectivity index (χ1n) is 9.12. The minimum Gasteiger partial charge on any atom is -0.453 e. The van der Waals surface area contributed by atoms with Gasteiger partial charge < -0.3 is 19.9 Å². The molecule has 3 rings (SSSR count). The topological polar surface area (TPSA) is 128 Å². The Labute approximate surface area is 176 Å². The van der Waals surface area contributed by atoms with Crippen molar-refractivity contribution < 1.29 is 28.4 Å². The third-order valence-electron chi connectivity index (χ3n) is 4.16. The third-order valence-corrected chi connectivity index (χ3v) is 5.27. The van der Waals surface area contributed by atoms with E-state index in [0.29, 0.717) is 30.8 Å². The number of fused-ring (bicyclic) bond motifs is 1. The van der Waals surface area contributed by atoms with Crippen LogP contribution in [-0.4, -0.2) is 48.1 Å². The summed E-state index contributed by atoms with van der Waals surface area (Å²) in [6.07, 6.45) is 2.08. The van der Waals surface area contributed by atoms with Crippen molar-refractivity contribution in [2.45, 2.75) is 12.8 Å². The maximum atomic E-state index is 12.9. The number of rotatable bonds is 8. The quantitative estimate of drug-likeness (QED) is 0.613. The van der Waals surface area contributed by atoms with Gasteiger partial charge in [0.05, 0.1) is 12.0 Å². The van der Waals surface area contributed by atoms with E-state index in [9.17, 15) is 19.2 Å². The van der Waals surface area contributed by atoms with E-state index in [1.807, 2.05) is 0 Å². The summed E-state index contributed by atoms with van der Waals surface area (Å²) in [4.78, 5) is 48.9. The van der Waals surface area contributed by atoms with Crippen LogP contribution in [0.2, 0.25) is 0 Å². The van der Waals surface area contributed by atoms with Gasteiger partial charge in [0, 0.05) is 18.3 Å². The number of nitrogens with zero attached hydrogens (tertiary/aromatic N) is 1. The predicted octanol–water partition coefficient (Wildman–Crippen LogP) is 3.06. The van der Waals surface area contributed by atoms with E-state index >= 15 is 0 Å². The summed E-state index contributed by atoms with van der Waals surface area (Å²) >= 11 is 1.21. The Morgan fingerprint density at radius 3 is 2.67 bits per heavy atom. The Bertz CT molecular complexity index is 999. The number of amides is 2. The Balaban J connectivity index is 1.62. The number of ether oxygens (including phenoxy) is 1. The van der Waals surface area contributed by atoms with Crippen LogP contribution in [0.15, 0.2) is 45.8 Å². The summed E-state index contributed by atoms with van der Waals surface area (Å²) in [5, 5.41) is 8.84. The van der Waals surface area contributed by atoms with Gasteiger partial charge in [-0.1, -0.05) is 23.4 Å². The molecule has 10 heteroatoms. The third kappa shape index (κ3) is 4.95. The van der Waals surface area contributed by atoms with E-state index in [4.69, 9.17) is 4.52 Å². The Kier molecular flexibility index (Phi) is 7.02. The number of carbonyl (C=O) groups excluding carboxylic acids is 4. The van der Waals surface area contributed by atoms with Gasteiger partial charge in [-0.25, -0.2) is 4.79 Å². The van der Waals surface area contributed by atoms with E-state index in [0.717, 1.165) is 0 Å². The number of unbranched alkanes of at least 4 members (excludes halogenated alkanes) is 1. The second kappa shape index (κ2) is 9.88. The number of ketones is 2. The number of hydrogen-bond donors (Lipinski definition) is 2. The number of allylic oxidation sites excluding steroid dienone is 2. The van der Waals surface area contributed by atoms with Crippen molar-refractivity contribution in [2.75, 3.05) is 24.7 Å². The highest BCUT2D eigenvalue weighted by molar-refractivity contribution is 8.04. The molecule has 1 aromatic carbocycles. The molecule has 0 bridgehead atoms. The van der Waals surface area contributed by atoms with Crippen molar-refractivity contribution in [3.05, 3.63) is 58.3 Å². The average molecular weight is 429 g/mol. The fraction of sp³-hybridized carbons (Fsp3) is 0.250. The molecule has 156 valence electrons. The standard InChI is InChI=1S/C20H19N3O6S/c1-28-20(27)21-9-5-6-10-30-14-11-13(24)18-15(17(14)25)16(23-29-18)19(26)22-12-7-3-2-4-8-12/h2-4,7-8,11H,5-6,9-10H2,1H3,(H,21,27)(H,22,26). The number of hydrogen-bond acceptors (Lipinski definition) is 8. The number of anilines is 1. The van der Waals surface area contributed by atoms with Crippen LogP contribution in [0.1, 0.15) is 44.2 Å². The van der Waals surface area contributed by atoms with Crippen LogP contribution >= 0.6 is 11.8 Å². The van der Waals surface area contributed by atoms with Gasteiger partial charge in [-0.2, -0.15) is 0 Å². The Hall–Kier alpha value is -3.40. The van der Waals surface area contributed by atoms with E-state index in [2.05, 4.69) is 20.5 Å². The second-order valence-corrected chi connectivity index (χ2v) is 7.37. The zero-order valence-corrected chi connectivity index (χ0v) is 16.9. The van der Waals surface area contributed by atoms with Crippen LogP contribution in [0.25, 0.3) is 0 Å². The summed E-state index contributed by atoms with van der Waals surface area (Å²) in [6.45, 7) is 0.443. The lowest BCUT2D eigenvalue weighted by Gasteiger charge is -2.11. The summed E-state index contributed by atoms with van der Waals surface area (Å²) in [6, 6.07) is 8.68. The van der Waals surface area contributed by atoms with Gasteiger partial charge >= 0.3 is 6.09 Å². The van der Waals surface area contributed by atoms with Crippen molar-refractivity contribution >= 4 is 41.0 Å². The highest BCUT2D eigenvalue weighted by atomic mass is 32.2. The first kappa shape index (κ1) is 21.3. The molecule has 0 atom stereocenters. The van der Waals surface area contributed by atoms with Gasteiger partial charge in [0.1, 0.15) is 5.56 Å². The molecule has 0 fully saturated rings. The number of aromatic nitrogens is 1. The van der Waals surface area contributed by atoms with Gasteiger partial charge in [-0.05, 0) is 30.7 Å².